The fourth-order valence-electron chi connectivity index (χ4n) is 4.26. The van der Waals surface area contributed by atoms with Crippen LogP contribution in [0.25, 0.3) is 0 Å². The summed E-state index contributed by atoms with van der Waals surface area (Å²) < 4.78 is 17.4. The fraction of sp³-hybridized carbons (Fsp3) is 0.345. The van der Waals surface area contributed by atoms with Crippen LogP contribution in [0.4, 0.5) is 0 Å². The zero-order chi connectivity index (χ0) is 26.0. The third-order valence-corrected chi connectivity index (χ3v) is 6.43. The standard InChI is InChI=1S/C29H33N3O5/c1-31-26(22-10-5-3-6-11-22)20-36-18-16-35-17-19-37-21-27(23-12-7-4-8-13-23)32(2)29(34)25-15-9-14-24(30-25)28(31)33/h3-15,26-27H,16-21H2,1-2H3/t26-,27-/m1/s1. The number of rotatable bonds is 2. The highest BCUT2D eigenvalue weighted by Crippen LogP contribution is 2.24. The van der Waals surface area contributed by atoms with Crippen molar-refractivity contribution in [2.45, 2.75) is 12.1 Å². The van der Waals surface area contributed by atoms with E-state index in [1.54, 1.807) is 42.1 Å². The first-order valence-corrected chi connectivity index (χ1v) is 12.4. The van der Waals surface area contributed by atoms with Gasteiger partial charge in [0.05, 0.1) is 51.7 Å². The predicted molar refractivity (Wildman–Crippen MR) is 139 cm³/mol. The minimum Gasteiger partial charge on any atom is -0.377 e. The molecule has 0 saturated carbocycles. The van der Waals surface area contributed by atoms with E-state index >= 15 is 0 Å². The highest BCUT2D eigenvalue weighted by molar-refractivity contribution is 5.96. The van der Waals surface area contributed by atoms with Crippen LogP contribution in [0, 0.1) is 0 Å². The summed E-state index contributed by atoms with van der Waals surface area (Å²) in [5, 5.41) is 0. The lowest BCUT2D eigenvalue weighted by Crippen LogP contribution is -2.36. The van der Waals surface area contributed by atoms with E-state index in [-0.39, 0.29) is 35.3 Å². The Balaban J connectivity index is 1.64. The van der Waals surface area contributed by atoms with Crippen LogP contribution in [0.3, 0.4) is 0 Å². The third kappa shape index (κ3) is 6.80. The van der Waals surface area contributed by atoms with Gasteiger partial charge in [0.1, 0.15) is 11.4 Å². The second kappa shape index (κ2) is 13.1. The maximum absolute atomic E-state index is 13.5. The molecule has 0 aliphatic carbocycles. The number of hydrogen-bond donors (Lipinski definition) is 0. The number of fused-ring (bicyclic) bond motifs is 2. The largest absolute Gasteiger partial charge is 0.377 e. The molecule has 194 valence electrons. The van der Waals surface area contributed by atoms with Gasteiger partial charge in [-0.2, -0.15) is 0 Å². The molecule has 8 heteroatoms. The highest BCUT2D eigenvalue weighted by atomic mass is 16.5. The summed E-state index contributed by atoms with van der Waals surface area (Å²) in [5.41, 5.74) is 2.28. The van der Waals surface area contributed by atoms with Gasteiger partial charge in [-0.15, -0.1) is 0 Å². The molecule has 0 saturated heterocycles. The maximum atomic E-state index is 13.5. The molecule has 0 N–H and O–H groups in total. The summed E-state index contributed by atoms with van der Waals surface area (Å²) in [6.45, 7) is 2.20. The summed E-state index contributed by atoms with van der Waals surface area (Å²) in [6, 6.07) is 23.7. The summed E-state index contributed by atoms with van der Waals surface area (Å²) in [7, 11) is 3.45. The molecule has 3 aromatic rings. The van der Waals surface area contributed by atoms with E-state index < -0.39 is 0 Å². The molecule has 4 rings (SSSR count). The van der Waals surface area contributed by atoms with Crippen molar-refractivity contribution >= 4 is 11.8 Å². The monoisotopic (exact) mass is 503 g/mol. The molecule has 1 aliphatic heterocycles. The number of aromatic nitrogens is 1. The molecule has 0 spiro atoms. The first-order valence-electron chi connectivity index (χ1n) is 12.4. The number of carbonyl (C=O) groups is 2. The Kier molecular flexibility index (Phi) is 9.37. The average molecular weight is 504 g/mol. The van der Waals surface area contributed by atoms with Crippen LogP contribution in [0.1, 0.15) is 44.2 Å². The lowest BCUT2D eigenvalue weighted by molar-refractivity contribution is -0.00602. The Morgan fingerprint density at radius 3 is 1.43 bits per heavy atom. The Hall–Kier alpha value is -3.59. The average Bonchev–Trinajstić information content (AvgIpc) is 2.95. The van der Waals surface area contributed by atoms with Gasteiger partial charge in [0.15, 0.2) is 0 Å². The quantitative estimate of drug-likeness (QED) is 0.530. The minimum atomic E-state index is -0.331. The number of amides is 2. The van der Waals surface area contributed by atoms with E-state index in [0.717, 1.165) is 11.1 Å². The molecule has 1 aliphatic rings. The minimum absolute atomic E-state index is 0.194. The number of likely N-dealkylation sites (N-methyl/N-ethyl adjacent to an activating group) is 2. The van der Waals surface area contributed by atoms with Gasteiger partial charge >= 0.3 is 0 Å². The molecule has 2 aromatic carbocycles. The van der Waals surface area contributed by atoms with Crippen LogP contribution in [0.5, 0.6) is 0 Å². The molecule has 8 nitrogen and oxygen atoms in total. The van der Waals surface area contributed by atoms with Crippen molar-refractivity contribution in [1.29, 1.82) is 0 Å². The smallest absolute Gasteiger partial charge is 0.272 e. The van der Waals surface area contributed by atoms with Gasteiger partial charge in [-0.25, -0.2) is 4.98 Å². The molecule has 2 heterocycles. The lowest BCUT2D eigenvalue weighted by atomic mass is 10.1. The SMILES string of the molecule is CN1C(=O)c2cccc(n2)C(=O)N(C)[C@@H](c2ccccc2)COCCOCCOC[C@@H]1c1ccccc1. The van der Waals surface area contributed by atoms with Crippen LogP contribution in [0.2, 0.25) is 0 Å². The summed E-state index contributed by atoms with van der Waals surface area (Å²) in [6.07, 6.45) is 0. The van der Waals surface area contributed by atoms with Gasteiger partial charge < -0.3 is 24.0 Å². The topological polar surface area (TPSA) is 81.2 Å². The highest BCUT2D eigenvalue weighted by Gasteiger charge is 2.27. The molecule has 0 radical (unpaired) electrons. The fourth-order valence-corrected chi connectivity index (χ4v) is 4.26. The maximum Gasteiger partial charge on any atom is 0.272 e. The van der Waals surface area contributed by atoms with Gasteiger partial charge in [-0.3, -0.25) is 9.59 Å². The first-order chi connectivity index (χ1) is 18.1. The zero-order valence-corrected chi connectivity index (χ0v) is 21.3. The number of pyridine rings is 1. The number of carbonyl (C=O) groups excluding carboxylic acids is 2. The van der Waals surface area contributed by atoms with E-state index in [1.807, 2.05) is 60.7 Å². The Bertz CT molecular complexity index is 1070. The van der Waals surface area contributed by atoms with Crippen LogP contribution in [0.15, 0.2) is 78.9 Å². The van der Waals surface area contributed by atoms with Crippen LogP contribution in [-0.2, 0) is 14.2 Å². The Morgan fingerprint density at radius 1 is 0.595 bits per heavy atom. The van der Waals surface area contributed by atoms with Crippen LogP contribution in [-0.4, -0.2) is 80.3 Å². The number of ether oxygens (including phenoxy) is 3. The number of nitrogens with zero attached hydrogens (tertiary/aromatic N) is 3. The van der Waals surface area contributed by atoms with E-state index in [9.17, 15) is 9.59 Å². The zero-order valence-electron chi connectivity index (χ0n) is 21.3. The van der Waals surface area contributed by atoms with E-state index in [1.165, 1.54) is 0 Å². The van der Waals surface area contributed by atoms with Crippen molar-refractivity contribution in [3.63, 3.8) is 0 Å². The first kappa shape index (κ1) is 26.5. The summed E-state index contributed by atoms with van der Waals surface area (Å²) in [5.74, 6) is -0.592. The second-order valence-electron chi connectivity index (χ2n) is 8.86. The van der Waals surface area contributed by atoms with Gasteiger partial charge in [0, 0.05) is 14.1 Å². The van der Waals surface area contributed by atoms with E-state index in [4.69, 9.17) is 14.2 Å². The number of benzene rings is 2. The lowest BCUT2D eigenvalue weighted by Gasteiger charge is -2.30. The molecule has 2 amide bonds. The molecule has 0 unspecified atom stereocenters. The van der Waals surface area contributed by atoms with Crippen molar-refractivity contribution in [2.75, 3.05) is 53.7 Å². The molecule has 2 atom stereocenters. The van der Waals surface area contributed by atoms with Crippen molar-refractivity contribution in [2.24, 2.45) is 0 Å². The van der Waals surface area contributed by atoms with Gasteiger partial charge in [-0.05, 0) is 23.3 Å². The van der Waals surface area contributed by atoms with Crippen LogP contribution >= 0.6 is 0 Å². The molecule has 37 heavy (non-hydrogen) atoms. The second-order valence-corrected chi connectivity index (χ2v) is 8.86. The number of hydrogen-bond acceptors (Lipinski definition) is 6. The predicted octanol–water partition coefficient (Wildman–Crippen LogP) is 3.77. The summed E-state index contributed by atoms with van der Waals surface area (Å²) >= 11 is 0. The van der Waals surface area contributed by atoms with E-state index in [0.29, 0.717) is 39.6 Å². The Morgan fingerprint density at radius 2 is 1.00 bits per heavy atom. The molecule has 2 bridgehead atoms. The molecule has 1 aromatic heterocycles. The van der Waals surface area contributed by atoms with Crippen molar-refractivity contribution in [3.05, 3.63) is 101 Å². The van der Waals surface area contributed by atoms with Crippen molar-refractivity contribution in [1.82, 2.24) is 14.8 Å². The van der Waals surface area contributed by atoms with Crippen molar-refractivity contribution < 1.29 is 23.8 Å². The summed E-state index contributed by atoms with van der Waals surface area (Å²) in [4.78, 5) is 34.7. The normalized spacial score (nSPS) is 20.8. The van der Waals surface area contributed by atoms with Gasteiger partial charge in [0.2, 0.25) is 0 Å². The third-order valence-electron chi connectivity index (χ3n) is 6.43. The molecular formula is C29H33N3O5. The van der Waals surface area contributed by atoms with Gasteiger partial charge in [0.25, 0.3) is 11.8 Å². The Labute approximate surface area is 217 Å². The molecule has 0 fully saturated rings. The van der Waals surface area contributed by atoms with Gasteiger partial charge in [-0.1, -0.05) is 66.7 Å². The van der Waals surface area contributed by atoms with Crippen molar-refractivity contribution in [3.8, 4) is 0 Å². The van der Waals surface area contributed by atoms with Crippen LogP contribution < -0.4 is 0 Å². The van der Waals surface area contributed by atoms with E-state index in [2.05, 4.69) is 4.98 Å². The molecular weight excluding hydrogens is 470 g/mol.